The molecule has 18 heavy (non-hydrogen) atoms. The molecular formula is C13H10N2O3. The lowest BCUT2D eigenvalue weighted by atomic mass is 10.0. The molecule has 0 aliphatic rings. The second-order valence-electron chi connectivity index (χ2n) is 3.50. The van der Waals surface area contributed by atoms with E-state index in [0.29, 0.717) is 5.56 Å². The number of ketones is 1. The van der Waals surface area contributed by atoms with E-state index >= 15 is 0 Å². The third-order valence-corrected chi connectivity index (χ3v) is 2.39. The minimum absolute atomic E-state index is 0.0890. The Morgan fingerprint density at radius 1 is 1.06 bits per heavy atom. The van der Waals surface area contributed by atoms with Crippen LogP contribution in [0.4, 0.5) is 0 Å². The van der Waals surface area contributed by atoms with Gasteiger partial charge >= 0.3 is 5.97 Å². The van der Waals surface area contributed by atoms with Gasteiger partial charge in [-0.3, -0.25) is 4.79 Å². The van der Waals surface area contributed by atoms with Crippen LogP contribution in [-0.4, -0.2) is 16.7 Å². The Balaban J connectivity index is 2.46. The first-order valence-corrected chi connectivity index (χ1v) is 5.20. The van der Waals surface area contributed by atoms with Crippen molar-refractivity contribution < 1.29 is 14.4 Å². The molecule has 5 heteroatoms. The molecule has 2 aromatic rings. The van der Waals surface area contributed by atoms with Crippen LogP contribution >= 0.6 is 0 Å². The van der Waals surface area contributed by atoms with Crippen LogP contribution < -0.4 is 5.90 Å². The number of nitrogens with two attached hydrogens (primary N) is 1. The molecule has 0 amide bonds. The number of pyridine rings is 1. The van der Waals surface area contributed by atoms with Crippen LogP contribution in [-0.2, 0) is 4.84 Å². The van der Waals surface area contributed by atoms with E-state index in [0.717, 1.165) is 0 Å². The number of nitrogens with zero attached hydrogens (tertiary/aromatic N) is 1. The molecule has 0 fully saturated rings. The highest BCUT2D eigenvalue weighted by Gasteiger charge is 2.19. The van der Waals surface area contributed by atoms with Crippen molar-refractivity contribution in [1.29, 1.82) is 0 Å². The number of rotatable bonds is 3. The zero-order valence-electron chi connectivity index (χ0n) is 9.37. The molecule has 0 aliphatic carbocycles. The van der Waals surface area contributed by atoms with Crippen LogP contribution in [0.5, 0.6) is 0 Å². The van der Waals surface area contributed by atoms with Gasteiger partial charge in [0, 0.05) is 11.8 Å². The molecule has 0 saturated carbocycles. The van der Waals surface area contributed by atoms with Crippen LogP contribution in [0, 0.1) is 0 Å². The number of carbonyl (C=O) groups is 2. The molecule has 0 radical (unpaired) electrons. The second-order valence-corrected chi connectivity index (χ2v) is 3.50. The van der Waals surface area contributed by atoms with E-state index in [1.54, 1.807) is 36.4 Å². The monoisotopic (exact) mass is 242 g/mol. The average molecular weight is 242 g/mol. The molecule has 1 aromatic heterocycles. The molecule has 0 aliphatic heterocycles. The van der Waals surface area contributed by atoms with Gasteiger partial charge in [-0.1, -0.05) is 30.3 Å². The van der Waals surface area contributed by atoms with E-state index in [1.165, 1.54) is 12.3 Å². The molecule has 0 unspecified atom stereocenters. The molecular weight excluding hydrogens is 232 g/mol. The van der Waals surface area contributed by atoms with Crippen molar-refractivity contribution in [2.24, 2.45) is 5.90 Å². The molecule has 90 valence electrons. The van der Waals surface area contributed by atoms with Crippen LogP contribution in [0.3, 0.4) is 0 Å². The summed E-state index contributed by atoms with van der Waals surface area (Å²) in [5.74, 6) is 3.67. The number of carbonyl (C=O) groups excluding carboxylic acids is 2. The predicted octanol–water partition coefficient (Wildman–Crippen LogP) is 1.34. The fourth-order valence-corrected chi connectivity index (χ4v) is 1.55. The van der Waals surface area contributed by atoms with Gasteiger partial charge in [0.05, 0.1) is 5.56 Å². The van der Waals surface area contributed by atoms with Crippen LogP contribution in [0.2, 0.25) is 0 Å². The fraction of sp³-hybridized carbons (Fsp3) is 0. The first-order valence-electron chi connectivity index (χ1n) is 5.20. The van der Waals surface area contributed by atoms with Crippen molar-refractivity contribution in [2.75, 3.05) is 0 Å². The summed E-state index contributed by atoms with van der Waals surface area (Å²) in [5.41, 5.74) is 0.546. The molecule has 5 nitrogen and oxygen atoms in total. The van der Waals surface area contributed by atoms with Gasteiger partial charge in [-0.05, 0) is 12.1 Å². The van der Waals surface area contributed by atoms with Crippen molar-refractivity contribution in [2.45, 2.75) is 0 Å². The summed E-state index contributed by atoms with van der Waals surface area (Å²) in [7, 11) is 0. The lowest BCUT2D eigenvalue weighted by Crippen LogP contribution is -2.17. The molecule has 0 saturated heterocycles. The summed E-state index contributed by atoms with van der Waals surface area (Å²) in [6.45, 7) is 0. The van der Waals surface area contributed by atoms with E-state index < -0.39 is 5.97 Å². The van der Waals surface area contributed by atoms with Gasteiger partial charge in [-0.15, -0.1) is 0 Å². The Bertz CT molecular complexity index is 582. The fourth-order valence-electron chi connectivity index (χ4n) is 1.55. The predicted molar refractivity (Wildman–Crippen MR) is 63.7 cm³/mol. The Labute approximate surface area is 103 Å². The second kappa shape index (κ2) is 5.20. The summed E-state index contributed by atoms with van der Waals surface area (Å²) in [4.78, 5) is 31.5. The maximum Gasteiger partial charge on any atom is 0.376 e. The van der Waals surface area contributed by atoms with Gasteiger partial charge in [0.1, 0.15) is 0 Å². The Morgan fingerprint density at radius 3 is 2.44 bits per heavy atom. The zero-order valence-corrected chi connectivity index (χ0v) is 9.37. The first kappa shape index (κ1) is 11.9. The summed E-state index contributed by atoms with van der Waals surface area (Å²) in [6.07, 6.45) is 1.40. The summed E-state index contributed by atoms with van der Waals surface area (Å²) >= 11 is 0. The summed E-state index contributed by atoms with van der Waals surface area (Å²) < 4.78 is 0. The van der Waals surface area contributed by atoms with E-state index in [-0.39, 0.29) is 17.0 Å². The maximum atomic E-state index is 12.2. The van der Waals surface area contributed by atoms with Gasteiger partial charge in [-0.2, -0.15) is 5.90 Å². The lowest BCUT2D eigenvalue weighted by Gasteiger charge is -2.05. The number of hydrogen-bond donors (Lipinski definition) is 1. The highest BCUT2D eigenvalue weighted by molar-refractivity contribution is 6.13. The quantitative estimate of drug-likeness (QED) is 0.648. The third kappa shape index (κ3) is 2.26. The van der Waals surface area contributed by atoms with E-state index in [4.69, 9.17) is 5.90 Å². The Morgan fingerprint density at radius 2 is 1.78 bits per heavy atom. The average Bonchev–Trinajstić information content (AvgIpc) is 2.46. The highest BCUT2D eigenvalue weighted by Crippen LogP contribution is 2.13. The van der Waals surface area contributed by atoms with Crippen molar-refractivity contribution in [1.82, 2.24) is 4.98 Å². The molecule has 0 bridgehead atoms. The molecule has 1 aromatic carbocycles. The smallest absolute Gasteiger partial charge is 0.368 e. The van der Waals surface area contributed by atoms with Gasteiger partial charge < -0.3 is 4.84 Å². The van der Waals surface area contributed by atoms with Gasteiger partial charge in [0.25, 0.3) is 0 Å². The van der Waals surface area contributed by atoms with E-state index in [9.17, 15) is 9.59 Å². The molecule has 1 heterocycles. The molecule has 2 N–H and O–H groups in total. The first-order chi connectivity index (χ1) is 8.74. The largest absolute Gasteiger partial charge is 0.376 e. The van der Waals surface area contributed by atoms with Crippen LogP contribution in [0.15, 0.2) is 48.7 Å². The molecule has 2 rings (SSSR count). The standard InChI is InChI=1S/C13H10N2O3/c14-18-13(17)11-10(7-4-8-15-11)12(16)9-5-2-1-3-6-9/h1-8H,14H2. The van der Waals surface area contributed by atoms with Crippen LogP contribution in [0.1, 0.15) is 26.4 Å². The number of benzene rings is 1. The van der Waals surface area contributed by atoms with Gasteiger partial charge in [-0.25, -0.2) is 9.78 Å². The topological polar surface area (TPSA) is 82.3 Å². The third-order valence-electron chi connectivity index (χ3n) is 2.39. The van der Waals surface area contributed by atoms with E-state index in [1.807, 2.05) is 0 Å². The Kier molecular flexibility index (Phi) is 3.45. The van der Waals surface area contributed by atoms with Gasteiger partial charge in [0.2, 0.25) is 0 Å². The number of hydrogen-bond acceptors (Lipinski definition) is 5. The highest BCUT2D eigenvalue weighted by atomic mass is 16.7. The summed E-state index contributed by atoms with van der Waals surface area (Å²) in [6, 6.07) is 11.7. The van der Waals surface area contributed by atoms with Gasteiger partial charge in [0.15, 0.2) is 11.5 Å². The normalized spacial score (nSPS) is 9.83. The minimum Gasteiger partial charge on any atom is -0.368 e. The Hall–Kier alpha value is -2.53. The maximum absolute atomic E-state index is 12.2. The van der Waals surface area contributed by atoms with Crippen molar-refractivity contribution in [3.8, 4) is 0 Å². The lowest BCUT2D eigenvalue weighted by molar-refractivity contribution is 0.0493. The molecule has 0 spiro atoms. The minimum atomic E-state index is -0.838. The molecule has 0 atom stereocenters. The van der Waals surface area contributed by atoms with Crippen molar-refractivity contribution >= 4 is 11.8 Å². The SMILES string of the molecule is NOC(=O)c1ncccc1C(=O)c1ccccc1. The number of aromatic nitrogens is 1. The zero-order chi connectivity index (χ0) is 13.0. The van der Waals surface area contributed by atoms with E-state index in [2.05, 4.69) is 9.82 Å². The van der Waals surface area contributed by atoms with Crippen molar-refractivity contribution in [3.05, 3.63) is 65.5 Å². The van der Waals surface area contributed by atoms with Crippen LogP contribution in [0.25, 0.3) is 0 Å². The summed E-state index contributed by atoms with van der Waals surface area (Å²) in [5, 5.41) is 0. The van der Waals surface area contributed by atoms with Crippen molar-refractivity contribution in [3.63, 3.8) is 0 Å².